The van der Waals surface area contributed by atoms with E-state index in [1.54, 1.807) is 0 Å². The Kier molecular flexibility index (Phi) is 3.70. The smallest absolute Gasteiger partial charge is 0.243 e. The van der Waals surface area contributed by atoms with E-state index in [1.807, 2.05) is 24.3 Å². The van der Waals surface area contributed by atoms with Gasteiger partial charge >= 0.3 is 0 Å². The van der Waals surface area contributed by atoms with Gasteiger partial charge in [-0.05, 0) is 42.7 Å². The third kappa shape index (κ3) is 2.91. The second-order valence-electron chi connectivity index (χ2n) is 6.40. The molecule has 0 unspecified atom stereocenters. The average Bonchev–Trinajstić information content (AvgIpc) is 3.41. The van der Waals surface area contributed by atoms with Crippen molar-refractivity contribution in [3.05, 3.63) is 71.3 Å². The summed E-state index contributed by atoms with van der Waals surface area (Å²) in [6, 6.07) is 18.6. The van der Waals surface area contributed by atoms with E-state index < -0.39 is 0 Å². The molecule has 1 amide bonds. The fourth-order valence-electron chi connectivity index (χ4n) is 3.48. The number of rotatable bonds is 3. The van der Waals surface area contributed by atoms with Gasteiger partial charge in [-0.1, -0.05) is 54.6 Å². The number of hydrazone groups is 1. The highest BCUT2D eigenvalue weighted by Crippen LogP contribution is 2.47. The van der Waals surface area contributed by atoms with E-state index in [-0.39, 0.29) is 11.8 Å². The molecule has 1 saturated carbocycles. The molecule has 2 aliphatic rings. The number of nitrogens with zero attached hydrogens (tertiary/aromatic N) is 1. The van der Waals surface area contributed by atoms with E-state index in [4.69, 9.17) is 0 Å². The van der Waals surface area contributed by atoms with Gasteiger partial charge in [-0.15, -0.1) is 0 Å². The normalized spacial score (nSPS) is 24.1. The quantitative estimate of drug-likeness (QED) is 0.864. The summed E-state index contributed by atoms with van der Waals surface area (Å²) in [5.41, 5.74) is 7.59. The first-order valence-corrected chi connectivity index (χ1v) is 8.32. The summed E-state index contributed by atoms with van der Waals surface area (Å²) in [5, 5.41) is 4.43. The van der Waals surface area contributed by atoms with E-state index in [2.05, 4.69) is 40.9 Å². The van der Waals surface area contributed by atoms with Gasteiger partial charge in [0.1, 0.15) is 0 Å². The van der Waals surface area contributed by atoms with Crippen molar-refractivity contribution in [3.8, 4) is 0 Å². The van der Waals surface area contributed by atoms with Gasteiger partial charge in [0.15, 0.2) is 0 Å². The lowest BCUT2D eigenvalue weighted by Gasteiger charge is -2.17. The minimum absolute atomic E-state index is 0.0504. The van der Waals surface area contributed by atoms with E-state index >= 15 is 0 Å². The van der Waals surface area contributed by atoms with Crippen LogP contribution < -0.4 is 5.43 Å². The maximum atomic E-state index is 12.3. The summed E-state index contributed by atoms with van der Waals surface area (Å²) in [6.07, 6.45) is 4.06. The summed E-state index contributed by atoms with van der Waals surface area (Å²) in [5.74, 6) is 0.477. The van der Waals surface area contributed by atoms with Crippen LogP contribution in [0.3, 0.4) is 0 Å². The van der Waals surface area contributed by atoms with Crippen LogP contribution in [0.5, 0.6) is 0 Å². The highest BCUT2D eigenvalue weighted by molar-refractivity contribution is 6.03. The largest absolute Gasteiger partial charge is 0.273 e. The molecule has 1 N–H and O–H groups in total. The van der Waals surface area contributed by atoms with Gasteiger partial charge in [0.25, 0.3) is 0 Å². The third-order valence-electron chi connectivity index (χ3n) is 4.84. The van der Waals surface area contributed by atoms with Crippen LogP contribution in [0.2, 0.25) is 0 Å². The van der Waals surface area contributed by atoms with Gasteiger partial charge < -0.3 is 0 Å². The SMILES string of the molecule is O=C(N/N=C1\CCCc2ccccc21)[C@@H]1C[C@@H]1c1ccccc1. The van der Waals surface area contributed by atoms with E-state index in [0.717, 1.165) is 31.4 Å². The molecule has 3 nitrogen and oxygen atoms in total. The molecule has 2 aliphatic carbocycles. The van der Waals surface area contributed by atoms with Crippen molar-refractivity contribution in [2.45, 2.75) is 31.6 Å². The van der Waals surface area contributed by atoms with Crippen LogP contribution in [-0.4, -0.2) is 11.6 Å². The van der Waals surface area contributed by atoms with Crippen LogP contribution in [0, 0.1) is 5.92 Å². The van der Waals surface area contributed by atoms with Crippen LogP contribution in [0.25, 0.3) is 0 Å². The van der Waals surface area contributed by atoms with Crippen molar-refractivity contribution in [2.24, 2.45) is 11.0 Å². The number of benzene rings is 2. The maximum Gasteiger partial charge on any atom is 0.243 e. The monoisotopic (exact) mass is 304 g/mol. The molecule has 0 aliphatic heterocycles. The zero-order valence-electron chi connectivity index (χ0n) is 13.0. The number of fused-ring (bicyclic) bond motifs is 1. The predicted molar refractivity (Wildman–Crippen MR) is 91.3 cm³/mol. The molecule has 2 aromatic rings. The molecule has 0 bridgehead atoms. The highest BCUT2D eigenvalue weighted by atomic mass is 16.2. The van der Waals surface area contributed by atoms with Crippen molar-refractivity contribution in [1.82, 2.24) is 5.43 Å². The van der Waals surface area contributed by atoms with Crippen LogP contribution in [-0.2, 0) is 11.2 Å². The molecule has 0 saturated heterocycles. The molecule has 23 heavy (non-hydrogen) atoms. The number of hydrogen-bond acceptors (Lipinski definition) is 2. The first-order valence-electron chi connectivity index (χ1n) is 8.32. The molecule has 0 aromatic heterocycles. The second-order valence-corrected chi connectivity index (χ2v) is 6.40. The Morgan fingerprint density at radius 2 is 1.78 bits per heavy atom. The number of amides is 1. The van der Waals surface area contributed by atoms with Crippen LogP contribution in [0.4, 0.5) is 0 Å². The summed E-state index contributed by atoms with van der Waals surface area (Å²) in [6.45, 7) is 0. The highest BCUT2D eigenvalue weighted by Gasteiger charge is 2.43. The molecule has 116 valence electrons. The number of carbonyl (C=O) groups excluding carboxylic acids is 1. The first kappa shape index (κ1) is 14.2. The number of aryl methyl sites for hydroxylation is 1. The van der Waals surface area contributed by atoms with Gasteiger partial charge in [-0.25, -0.2) is 5.43 Å². The Labute approximate surface area is 136 Å². The lowest BCUT2D eigenvalue weighted by atomic mass is 9.90. The van der Waals surface area contributed by atoms with E-state index in [9.17, 15) is 4.79 Å². The zero-order chi connectivity index (χ0) is 15.6. The average molecular weight is 304 g/mol. The molecule has 2 aromatic carbocycles. The van der Waals surface area contributed by atoms with Crippen LogP contribution in [0.15, 0.2) is 59.7 Å². The van der Waals surface area contributed by atoms with Crippen molar-refractivity contribution < 1.29 is 4.79 Å². The third-order valence-corrected chi connectivity index (χ3v) is 4.84. The molecule has 0 heterocycles. The number of hydrogen-bond donors (Lipinski definition) is 1. The first-order chi connectivity index (χ1) is 11.3. The Balaban J connectivity index is 1.43. The molecule has 4 rings (SSSR count). The number of carbonyl (C=O) groups is 1. The van der Waals surface area contributed by atoms with E-state index in [0.29, 0.717) is 5.92 Å². The van der Waals surface area contributed by atoms with E-state index in [1.165, 1.54) is 16.7 Å². The summed E-state index contributed by atoms with van der Waals surface area (Å²) in [4.78, 5) is 12.3. The van der Waals surface area contributed by atoms with Crippen molar-refractivity contribution in [3.63, 3.8) is 0 Å². The molecular formula is C20H20N2O. The summed E-state index contributed by atoms with van der Waals surface area (Å²) < 4.78 is 0. The van der Waals surface area contributed by atoms with Gasteiger partial charge in [0, 0.05) is 11.5 Å². The fourth-order valence-corrected chi connectivity index (χ4v) is 3.48. The Morgan fingerprint density at radius 3 is 2.65 bits per heavy atom. The lowest BCUT2D eigenvalue weighted by molar-refractivity contribution is -0.122. The molecule has 1 fully saturated rings. The molecule has 2 atom stereocenters. The second kappa shape index (κ2) is 5.99. The van der Waals surface area contributed by atoms with Crippen molar-refractivity contribution in [1.29, 1.82) is 0 Å². The topological polar surface area (TPSA) is 41.5 Å². The van der Waals surface area contributed by atoms with Crippen LogP contribution in [0.1, 0.15) is 41.9 Å². The number of nitrogens with one attached hydrogen (secondary N) is 1. The Morgan fingerprint density at radius 1 is 1.00 bits per heavy atom. The molecule has 0 spiro atoms. The van der Waals surface area contributed by atoms with Crippen molar-refractivity contribution >= 4 is 11.6 Å². The van der Waals surface area contributed by atoms with Gasteiger partial charge in [-0.2, -0.15) is 5.10 Å². The molecular weight excluding hydrogens is 284 g/mol. The molecule has 3 heteroatoms. The fraction of sp³-hybridized carbons (Fsp3) is 0.300. The Hall–Kier alpha value is -2.42. The lowest BCUT2D eigenvalue weighted by Crippen LogP contribution is -2.23. The summed E-state index contributed by atoms with van der Waals surface area (Å²) in [7, 11) is 0. The minimum atomic E-state index is 0.0504. The van der Waals surface area contributed by atoms with Crippen molar-refractivity contribution in [2.75, 3.05) is 0 Å². The van der Waals surface area contributed by atoms with Gasteiger partial charge in [0.2, 0.25) is 5.91 Å². The zero-order valence-corrected chi connectivity index (χ0v) is 13.0. The Bertz CT molecular complexity index is 751. The predicted octanol–water partition coefficient (Wildman–Crippen LogP) is 3.65. The minimum Gasteiger partial charge on any atom is -0.273 e. The molecule has 0 radical (unpaired) electrons. The van der Waals surface area contributed by atoms with Gasteiger partial charge in [0.05, 0.1) is 5.71 Å². The maximum absolute atomic E-state index is 12.3. The summed E-state index contributed by atoms with van der Waals surface area (Å²) >= 11 is 0. The van der Waals surface area contributed by atoms with Crippen LogP contribution >= 0.6 is 0 Å². The standard InChI is InChI=1S/C20H20N2O/c23-20(18-13-17(18)15-7-2-1-3-8-15)22-21-19-12-6-10-14-9-4-5-11-16(14)19/h1-5,7-9,11,17-18H,6,10,12-13H2,(H,22,23)/b21-19+/t17-,18-/m1/s1. The van der Waals surface area contributed by atoms with Gasteiger partial charge in [-0.3, -0.25) is 4.79 Å².